The molecule has 1 amide bonds. The minimum absolute atomic E-state index is 0.330. The van der Waals surface area contributed by atoms with E-state index in [2.05, 4.69) is 0 Å². The van der Waals surface area contributed by atoms with Gasteiger partial charge in [0.1, 0.15) is 0 Å². The zero-order chi connectivity index (χ0) is 19.3. The molecule has 0 spiro atoms. The van der Waals surface area contributed by atoms with E-state index in [1.54, 1.807) is 0 Å². The van der Waals surface area contributed by atoms with Gasteiger partial charge < -0.3 is 19.2 Å². The first-order chi connectivity index (χ1) is 11.9. The van der Waals surface area contributed by atoms with Gasteiger partial charge in [-0.2, -0.15) is 0 Å². The molecule has 0 aliphatic carbocycles. The Balaban J connectivity index is 1.83. The first kappa shape index (κ1) is 19.2. The average Bonchev–Trinajstić information content (AvgIpc) is 2.74. The molecular formula is C19H28BNO5. The number of hydrogen-bond donors (Lipinski definition) is 1. The summed E-state index contributed by atoms with van der Waals surface area (Å²) in [5, 5.41) is 9.68. The molecule has 142 valence electrons. The summed E-state index contributed by atoms with van der Waals surface area (Å²) in [6.45, 7) is 12.6. The fraction of sp³-hybridized carbons (Fsp3) is 0.632. The number of rotatable bonds is 2. The van der Waals surface area contributed by atoms with Crippen LogP contribution in [0, 0.1) is 0 Å². The number of carboxylic acid groups (broad SMARTS) is 1. The Kier molecular flexibility index (Phi) is 4.62. The van der Waals surface area contributed by atoms with Crippen molar-refractivity contribution in [3.05, 3.63) is 29.8 Å². The molecule has 0 bridgehead atoms. The highest BCUT2D eigenvalue weighted by molar-refractivity contribution is 6.62. The lowest BCUT2D eigenvalue weighted by molar-refractivity contribution is -0.0757. The molecule has 1 aromatic carbocycles. The molecule has 1 N–H and O–H groups in total. The number of amides is 1. The second kappa shape index (κ2) is 6.25. The molecule has 0 aromatic heterocycles. The third-order valence-corrected chi connectivity index (χ3v) is 5.75. The van der Waals surface area contributed by atoms with Crippen molar-refractivity contribution < 1.29 is 23.9 Å². The minimum atomic E-state index is -0.932. The van der Waals surface area contributed by atoms with Crippen molar-refractivity contribution >= 4 is 18.7 Å². The number of hydrogen-bond acceptors (Lipinski definition) is 4. The van der Waals surface area contributed by atoms with E-state index in [1.807, 2.05) is 65.8 Å². The second-order valence-electron chi connectivity index (χ2n) is 8.75. The van der Waals surface area contributed by atoms with Gasteiger partial charge in [-0.15, -0.1) is 0 Å². The molecule has 1 unspecified atom stereocenters. The summed E-state index contributed by atoms with van der Waals surface area (Å²) in [4.78, 5) is 13.3. The maximum atomic E-state index is 11.8. The molecule has 26 heavy (non-hydrogen) atoms. The molecule has 3 rings (SSSR count). The van der Waals surface area contributed by atoms with Crippen molar-refractivity contribution in [2.45, 2.75) is 64.3 Å². The zero-order valence-corrected chi connectivity index (χ0v) is 16.4. The fourth-order valence-electron chi connectivity index (χ4n) is 3.48. The topological polar surface area (TPSA) is 68.2 Å². The van der Waals surface area contributed by atoms with Crippen molar-refractivity contribution in [1.82, 2.24) is 4.90 Å². The summed E-state index contributed by atoms with van der Waals surface area (Å²) in [7, 11) is -0.427. The highest BCUT2D eigenvalue weighted by atomic mass is 16.7. The molecule has 0 radical (unpaired) electrons. The molecule has 2 aliphatic heterocycles. The first-order valence-electron chi connectivity index (χ1n) is 9.00. The highest BCUT2D eigenvalue weighted by Gasteiger charge is 2.51. The van der Waals surface area contributed by atoms with Crippen LogP contribution in [0.5, 0.6) is 0 Å². The molecule has 2 fully saturated rings. The van der Waals surface area contributed by atoms with Crippen molar-refractivity contribution in [2.24, 2.45) is 0 Å². The summed E-state index contributed by atoms with van der Waals surface area (Å²) >= 11 is 0. The highest BCUT2D eigenvalue weighted by Crippen LogP contribution is 2.37. The van der Waals surface area contributed by atoms with Crippen LogP contribution in [0.1, 0.15) is 53.1 Å². The van der Waals surface area contributed by atoms with Gasteiger partial charge >= 0.3 is 13.2 Å². The molecule has 6 nitrogen and oxygen atoms in total. The maximum Gasteiger partial charge on any atom is 0.494 e. The Morgan fingerprint density at radius 1 is 1.08 bits per heavy atom. The molecule has 7 heteroatoms. The lowest BCUT2D eigenvalue weighted by Gasteiger charge is -2.45. The minimum Gasteiger partial charge on any atom is -0.465 e. The van der Waals surface area contributed by atoms with Crippen LogP contribution in [0.2, 0.25) is 0 Å². The number of nitrogens with zero attached hydrogens (tertiary/aromatic N) is 1. The Bertz CT molecular complexity index is 670. The summed E-state index contributed by atoms with van der Waals surface area (Å²) in [6.07, 6.45) is -0.932. The summed E-state index contributed by atoms with van der Waals surface area (Å²) in [5.74, 6) is 0. The van der Waals surface area contributed by atoms with Crippen molar-refractivity contribution in [3.8, 4) is 0 Å². The SMILES string of the molecule is CC1(C)COCC(c2ccc(B3OC(C)(C)C(C)(C)O3)cc2)N1C(=O)O. The predicted octanol–water partition coefficient (Wildman–Crippen LogP) is 2.82. The van der Waals surface area contributed by atoms with Crippen LogP contribution in [0.25, 0.3) is 0 Å². The fourth-order valence-corrected chi connectivity index (χ4v) is 3.48. The van der Waals surface area contributed by atoms with Gasteiger partial charge in [-0.05, 0) is 52.6 Å². The van der Waals surface area contributed by atoms with Gasteiger partial charge in [0.15, 0.2) is 0 Å². The standard InChI is InChI=1S/C19H28BNO5/c1-17(2)12-24-11-15(21(17)16(22)23)13-7-9-14(10-8-13)20-25-18(3,4)19(5,6)26-20/h7-10,15H,11-12H2,1-6H3,(H,22,23). The van der Waals surface area contributed by atoms with Crippen LogP contribution >= 0.6 is 0 Å². The monoisotopic (exact) mass is 361 g/mol. The van der Waals surface area contributed by atoms with Crippen LogP contribution in [0.15, 0.2) is 24.3 Å². The van der Waals surface area contributed by atoms with Gasteiger partial charge in [0.2, 0.25) is 0 Å². The van der Waals surface area contributed by atoms with Crippen molar-refractivity contribution in [1.29, 1.82) is 0 Å². The van der Waals surface area contributed by atoms with Crippen LogP contribution < -0.4 is 5.46 Å². The van der Waals surface area contributed by atoms with Gasteiger partial charge in [0.25, 0.3) is 0 Å². The van der Waals surface area contributed by atoms with Crippen LogP contribution in [-0.4, -0.2) is 53.2 Å². The summed E-state index contributed by atoms with van der Waals surface area (Å²) < 4.78 is 17.8. The lowest BCUT2D eigenvalue weighted by Crippen LogP contribution is -2.56. The lowest BCUT2D eigenvalue weighted by atomic mass is 9.78. The van der Waals surface area contributed by atoms with E-state index in [-0.39, 0.29) is 6.04 Å². The van der Waals surface area contributed by atoms with Crippen molar-refractivity contribution in [3.63, 3.8) is 0 Å². The third-order valence-electron chi connectivity index (χ3n) is 5.75. The first-order valence-corrected chi connectivity index (χ1v) is 9.00. The van der Waals surface area contributed by atoms with Gasteiger partial charge in [0.05, 0.1) is 36.0 Å². The Morgan fingerprint density at radius 2 is 1.62 bits per heavy atom. The van der Waals surface area contributed by atoms with E-state index in [1.165, 1.54) is 4.90 Å². The Hall–Kier alpha value is -1.57. The van der Waals surface area contributed by atoms with Crippen LogP contribution in [-0.2, 0) is 14.0 Å². The summed E-state index contributed by atoms with van der Waals surface area (Å²) in [6, 6.07) is 7.43. The van der Waals surface area contributed by atoms with Gasteiger partial charge in [0, 0.05) is 0 Å². The normalized spacial score (nSPS) is 26.8. The van der Waals surface area contributed by atoms with Gasteiger partial charge in [-0.3, -0.25) is 4.90 Å². The van der Waals surface area contributed by atoms with E-state index in [9.17, 15) is 9.90 Å². The molecule has 2 saturated heterocycles. The van der Waals surface area contributed by atoms with Crippen LogP contribution in [0.3, 0.4) is 0 Å². The molecule has 2 aliphatic rings. The van der Waals surface area contributed by atoms with Gasteiger partial charge in [-0.25, -0.2) is 4.79 Å². The number of morpholine rings is 1. The molecule has 1 atom stereocenters. The molecule has 1 aromatic rings. The van der Waals surface area contributed by atoms with Crippen LogP contribution in [0.4, 0.5) is 4.79 Å². The smallest absolute Gasteiger partial charge is 0.465 e. The van der Waals surface area contributed by atoms with Gasteiger partial charge in [-0.1, -0.05) is 24.3 Å². The van der Waals surface area contributed by atoms with E-state index in [0.717, 1.165) is 11.0 Å². The predicted molar refractivity (Wildman–Crippen MR) is 99.7 cm³/mol. The average molecular weight is 361 g/mol. The molecular weight excluding hydrogens is 333 g/mol. The van der Waals surface area contributed by atoms with E-state index in [0.29, 0.717) is 13.2 Å². The molecule has 2 heterocycles. The largest absolute Gasteiger partial charge is 0.494 e. The van der Waals surface area contributed by atoms with Crippen molar-refractivity contribution in [2.75, 3.05) is 13.2 Å². The molecule has 0 saturated carbocycles. The van der Waals surface area contributed by atoms with E-state index < -0.39 is 30.0 Å². The second-order valence-corrected chi connectivity index (χ2v) is 8.75. The number of ether oxygens (including phenoxy) is 1. The maximum absolute atomic E-state index is 11.8. The number of carbonyl (C=O) groups is 1. The summed E-state index contributed by atoms with van der Waals surface area (Å²) in [5.41, 5.74) is 0.472. The quantitative estimate of drug-likeness (QED) is 0.821. The third kappa shape index (κ3) is 3.24. The van der Waals surface area contributed by atoms with E-state index in [4.69, 9.17) is 14.0 Å². The Morgan fingerprint density at radius 3 is 2.12 bits per heavy atom. The van der Waals surface area contributed by atoms with E-state index >= 15 is 0 Å². The number of benzene rings is 1. The zero-order valence-electron chi connectivity index (χ0n) is 16.4. The Labute approximate surface area is 155 Å².